The van der Waals surface area contributed by atoms with E-state index in [-0.39, 0.29) is 18.0 Å². The number of aliphatic hydroxyl groups is 1. The van der Waals surface area contributed by atoms with E-state index in [1.54, 1.807) is 0 Å². The summed E-state index contributed by atoms with van der Waals surface area (Å²) in [6.45, 7) is 2.13. The monoisotopic (exact) mass is 170 g/mol. The molecule has 0 radical (unpaired) electrons. The van der Waals surface area contributed by atoms with Gasteiger partial charge in [0, 0.05) is 5.92 Å². The molecule has 1 aliphatic heterocycles. The molecule has 12 heavy (non-hydrogen) atoms. The van der Waals surface area contributed by atoms with Crippen LogP contribution in [0.2, 0.25) is 0 Å². The van der Waals surface area contributed by atoms with Crippen LogP contribution in [0.5, 0.6) is 0 Å². The van der Waals surface area contributed by atoms with Gasteiger partial charge in [-0.25, -0.2) is 0 Å². The fraction of sp³-hybridized carbons (Fsp3) is 0.889. The number of ether oxygens (including phenoxy) is 1. The minimum absolute atomic E-state index is 0.141. The van der Waals surface area contributed by atoms with Gasteiger partial charge in [-0.1, -0.05) is 6.92 Å². The third-order valence-corrected chi connectivity index (χ3v) is 3.12. The van der Waals surface area contributed by atoms with Crippen molar-refractivity contribution in [3.8, 4) is 0 Å². The molecule has 1 N–H and O–H groups in total. The van der Waals surface area contributed by atoms with Crippen LogP contribution in [0.3, 0.4) is 0 Å². The van der Waals surface area contributed by atoms with Gasteiger partial charge in [0.25, 0.3) is 0 Å². The number of carbonyl (C=O) groups is 1. The fourth-order valence-corrected chi connectivity index (χ4v) is 2.30. The summed E-state index contributed by atoms with van der Waals surface area (Å²) in [4.78, 5) is 11.0. The van der Waals surface area contributed by atoms with Crippen molar-refractivity contribution < 1.29 is 14.6 Å². The largest absolute Gasteiger partial charge is 0.459 e. The Labute approximate surface area is 71.7 Å². The van der Waals surface area contributed by atoms with Crippen LogP contribution < -0.4 is 0 Å². The molecule has 0 spiro atoms. The maximum Gasteiger partial charge on any atom is 0.306 e. The Hall–Kier alpha value is -0.570. The van der Waals surface area contributed by atoms with Crippen molar-refractivity contribution in [2.24, 2.45) is 11.8 Å². The van der Waals surface area contributed by atoms with Gasteiger partial charge in [-0.05, 0) is 18.8 Å². The molecule has 1 aliphatic carbocycles. The first-order valence-corrected chi connectivity index (χ1v) is 4.56. The molecule has 2 fully saturated rings. The number of carbonyl (C=O) groups excluding carboxylic acids is 1. The number of rotatable bonds is 0. The highest BCUT2D eigenvalue weighted by atomic mass is 16.6. The van der Waals surface area contributed by atoms with Gasteiger partial charge in [-0.15, -0.1) is 0 Å². The van der Waals surface area contributed by atoms with Gasteiger partial charge < -0.3 is 9.84 Å². The summed E-state index contributed by atoms with van der Waals surface area (Å²) in [5.41, 5.74) is 0. The normalized spacial score (nSPS) is 47.0. The van der Waals surface area contributed by atoms with Gasteiger partial charge in [0.05, 0.1) is 12.5 Å². The van der Waals surface area contributed by atoms with Crippen molar-refractivity contribution in [1.29, 1.82) is 0 Å². The molecule has 1 heterocycles. The molecule has 0 aromatic heterocycles. The van der Waals surface area contributed by atoms with Crippen LogP contribution in [-0.4, -0.2) is 23.3 Å². The van der Waals surface area contributed by atoms with E-state index in [1.807, 2.05) is 0 Å². The number of hydrogen-bond donors (Lipinski definition) is 1. The molecule has 68 valence electrons. The highest BCUT2D eigenvalue weighted by Crippen LogP contribution is 2.38. The molecule has 3 heteroatoms. The van der Waals surface area contributed by atoms with Gasteiger partial charge in [-0.3, -0.25) is 4.79 Å². The highest BCUT2D eigenvalue weighted by molar-refractivity contribution is 5.72. The molecular formula is C9H14O3. The average molecular weight is 170 g/mol. The van der Waals surface area contributed by atoms with E-state index < -0.39 is 6.10 Å². The van der Waals surface area contributed by atoms with Crippen LogP contribution >= 0.6 is 0 Å². The molecule has 3 nitrogen and oxygen atoms in total. The maximum atomic E-state index is 11.0. The quantitative estimate of drug-likeness (QED) is 0.544. The van der Waals surface area contributed by atoms with E-state index in [2.05, 4.69) is 6.92 Å². The highest BCUT2D eigenvalue weighted by Gasteiger charge is 2.45. The van der Waals surface area contributed by atoms with Gasteiger partial charge in [0.15, 0.2) is 0 Å². The Balaban J connectivity index is 2.14. The topological polar surface area (TPSA) is 46.5 Å². The zero-order valence-corrected chi connectivity index (χ0v) is 7.19. The molecule has 0 bridgehead atoms. The lowest BCUT2D eigenvalue weighted by Gasteiger charge is -2.32. The molecular weight excluding hydrogens is 156 g/mol. The summed E-state index contributed by atoms with van der Waals surface area (Å²) in [5.74, 6) is 0.642. The van der Waals surface area contributed by atoms with E-state index in [9.17, 15) is 9.90 Å². The summed E-state index contributed by atoms with van der Waals surface area (Å²) in [5, 5.41) is 9.54. The van der Waals surface area contributed by atoms with Crippen LogP contribution in [0.1, 0.15) is 26.2 Å². The summed E-state index contributed by atoms with van der Waals surface area (Å²) in [6.07, 6.45) is 1.66. The first-order valence-electron chi connectivity index (χ1n) is 4.56. The van der Waals surface area contributed by atoms with Crippen LogP contribution in [0.25, 0.3) is 0 Å². The zero-order valence-electron chi connectivity index (χ0n) is 7.19. The van der Waals surface area contributed by atoms with Crippen LogP contribution in [0.4, 0.5) is 0 Å². The van der Waals surface area contributed by atoms with Crippen molar-refractivity contribution >= 4 is 5.97 Å². The lowest BCUT2D eigenvalue weighted by molar-refractivity contribution is -0.147. The lowest BCUT2D eigenvalue weighted by atomic mass is 9.76. The van der Waals surface area contributed by atoms with Crippen molar-refractivity contribution in [1.82, 2.24) is 0 Å². The van der Waals surface area contributed by atoms with Crippen molar-refractivity contribution in [2.45, 2.75) is 38.4 Å². The second-order valence-corrected chi connectivity index (χ2v) is 3.94. The van der Waals surface area contributed by atoms with E-state index >= 15 is 0 Å². The number of aliphatic hydroxyl groups excluding tert-OH is 1. The minimum atomic E-state index is -0.419. The molecule has 2 aliphatic rings. The molecule has 1 saturated heterocycles. The Morgan fingerprint density at radius 3 is 2.92 bits per heavy atom. The lowest BCUT2D eigenvalue weighted by Crippen LogP contribution is -2.39. The third kappa shape index (κ3) is 1.12. The average Bonchev–Trinajstić information content (AvgIpc) is 2.41. The van der Waals surface area contributed by atoms with Crippen molar-refractivity contribution in [3.05, 3.63) is 0 Å². The SMILES string of the molecule is C[C@@H]1CC[C@@H](O)C2OC(=O)CC21. The molecule has 2 unspecified atom stereocenters. The Kier molecular flexibility index (Phi) is 1.83. The first kappa shape index (κ1) is 8.05. The van der Waals surface area contributed by atoms with Crippen LogP contribution in [0, 0.1) is 11.8 Å². The Morgan fingerprint density at radius 2 is 2.25 bits per heavy atom. The van der Waals surface area contributed by atoms with Crippen LogP contribution in [0.15, 0.2) is 0 Å². The maximum absolute atomic E-state index is 11.0. The summed E-state index contributed by atoms with van der Waals surface area (Å²) >= 11 is 0. The number of fused-ring (bicyclic) bond motifs is 1. The third-order valence-electron chi connectivity index (χ3n) is 3.12. The predicted octanol–water partition coefficient (Wildman–Crippen LogP) is 0.709. The van der Waals surface area contributed by atoms with Gasteiger partial charge in [-0.2, -0.15) is 0 Å². The summed E-state index contributed by atoms with van der Waals surface area (Å²) in [6, 6.07) is 0. The Bertz CT molecular complexity index is 182. The summed E-state index contributed by atoms with van der Waals surface area (Å²) in [7, 11) is 0. The summed E-state index contributed by atoms with van der Waals surface area (Å²) < 4.78 is 5.06. The molecule has 2 rings (SSSR count). The van der Waals surface area contributed by atoms with E-state index in [0.717, 1.165) is 12.8 Å². The second-order valence-electron chi connectivity index (χ2n) is 3.94. The Morgan fingerprint density at radius 1 is 1.50 bits per heavy atom. The van der Waals surface area contributed by atoms with Crippen molar-refractivity contribution in [2.75, 3.05) is 0 Å². The van der Waals surface area contributed by atoms with E-state index in [4.69, 9.17) is 4.74 Å². The van der Waals surface area contributed by atoms with E-state index in [1.165, 1.54) is 0 Å². The van der Waals surface area contributed by atoms with Gasteiger partial charge in [0.2, 0.25) is 0 Å². The van der Waals surface area contributed by atoms with Gasteiger partial charge in [0.1, 0.15) is 6.10 Å². The standard InChI is InChI=1S/C9H14O3/c1-5-2-3-7(10)9-6(5)4-8(11)12-9/h5-7,9-10H,2-4H2,1H3/t5-,6?,7-,9?/m1/s1. The first-order chi connectivity index (χ1) is 5.68. The molecule has 0 aromatic rings. The molecule has 4 atom stereocenters. The molecule has 0 amide bonds. The van der Waals surface area contributed by atoms with Crippen molar-refractivity contribution in [3.63, 3.8) is 0 Å². The zero-order chi connectivity index (χ0) is 8.72. The smallest absolute Gasteiger partial charge is 0.306 e. The second kappa shape index (κ2) is 2.73. The fourth-order valence-electron chi connectivity index (χ4n) is 2.30. The van der Waals surface area contributed by atoms with Gasteiger partial charge >= 0.3 is 5.97 Å². The molecule has 0 aromatic carbocycles. The predicted molar refractivity (Wildman–Crippen MR) is 42.4 cm³/mol. The molecule has 1 saturated carbocycles. The van der Waals surface area contributed by atoms with E-state index in [0.29, 0.717) is 12.3 Å². The number of esters is 1. The van der Waals surface area contributed by atoms with Crippen LogP contribution in [-0.2, 0) is 9.53 Å². The minimum Gasteiger partial charge on any atom is -0.459 e. The number of hydrogen-bond acceptors (Lipinski definition) is 3.